The van der Waals surface area contributed by atoms with Crippen LogP contribution in [-0.2, 0) is 0 Å². The van der Waals surface area contributed by atoms with Gasteiger partial charge in [-0.1, -0.05) is 12.1 Å². The van der Waals surface area contributed by atoms with Crippen LogP contribution in [0.1, 0.15) is 18.6 Å². The Hall–Kier alpha value is -2.07. The number of aliphatic hydroxyl groups is 1. The highest BCUT2D eigenvalue weighted by atomic mass is 19.1. The normalized spacial score (nSPS) is 12.1. The highest BCUT2D eigenvalue weighted by Gasteiger charge is 2.17. The fraction of sp³-hybridized carbons (Fsp3) is 0.250. The first-order chi connectivity index (χ1) is 9.54. The number of hydrogen-bond donors (Lipinski definition) is 1. The van der Waals surface area contributed by atoms with Gasteiger partial charge in [0.15, 0.2) is 0 Å². The Balaban J connectivity index is 2.44. The highest BCUT2D eigenvalue weighted by Crippen LogP contribution is 2.33. The lowest BCUT2D eigenvalue weighted by molar-refractivity contribution is 0.199. The molecule has 0 fully saturated rings. The molecule has 0 amide bonds. The van der Waals surface area contributed by atoms with Crippen LogP contribution < -0.4 is 9.64 Å². The number of rotatable bonds is 4. The zero-order chi connectivity index (χ0) is 14.7. The van der Waals surface area contributed by atoms with E-state index in [2.05, 4.69) is 0 Å². The molecular formula is C16H18FNO2. The Morgan fingerprint density at radius 3 is 2.35 bits per heavy atom. The van der Waals surface area contributed by atoms with E-state index in [1.807, 2.05) is 24.3 Å². The van der Waals surface area contributed by atoms with Crippen molar-refractivity contribution < 1.29 is 14.2 Å². The van der Waals surface area contributed by atoms with E-state index in [-0.39, 0.29) is 5.82 Å². The average molecular weight is 275 g/mol. The Bertz CT molecular complexity index is 582. The number of nitrogens with zero attached hydrogens (tertiary/aromatic N) is 1. The molecule has 20 heavy (non-hydrogen) atoms. The summed E-state index contributed by atoms with van der Waals surface area (Å²) in [5.41, 5.74) is 1.76. The zero-order valence-electron chi connectivity index (χ0n) is 11.8. The summed E-state index contributed by atoms with van der Waals surface area (Å²) in [5, 5.41) is 9.79. The van der Waals surface area contributed by atoms with Gasteiger partial charge in [-0.25, -0.2) is 4.39 Å². The highest BCUT2D eigenvalue weighted by molar-refractivity contribution is 5.67. The van der Waals surface area contributed by atoms with Gasteiger partial charge in [0.2, 0.25) is 0 Å². The van der Waals surface area contributed by atoms with Crippen molar-refractivity contribution in [1.29, 1.82) is 0 Å². The molecule has 4 heteroatoms. The lowest BCUT2D eigenvalue weighted by atomic mass is 10.1. The minimum atomic E-state index is -0.735. The Kier molecular flexibility index (Phi) is 4.25. The van der Waals surface area contributed by atoms with Crippen molar-refractivity contribution in [2.45, 2.75) is 13.0 Å². The first-order valence-corrected chi connectivity index (χ1v) is 6.39. The maximum absolute atomic E-state index is 14.1. The minimum Gasteiger partial charge on any atom is -0.497 e. The molecule has 1 N–H and O–H groups in total. The molecule has 0 spiro atoms. The van der Waals surface area contributed by atoms with Gasteiger partial charge >= 0.3 is 0 Å². The van der Waals surface area contributed by atoms with Crippen LogP contribution in [-0.4, -0.2) is 19.3 Å². The third-order valence-electron chi connectivity index (χ3n) is 3.26. The van der Waals surface area contributed by atoms with E-state index >= 15 is 0 Å². The van der Waals surface area contributed by atoms with Gasteiger partial charge in [0.05, 0.1) is 18.9 Å². The Labute approximate surface area is 118 Å². The van der Waals surface area contributed by atoms with E-state index in [9.17, 15) is 9.50 Å². The summed E-state index contributed by atoms with van der Waals surface area (Å²) >= 11 is 0. The average Bonchev–Trinajstić information content (AvgIpc) is 2.46. The monoisotopic (exact) mass is 275 g/mol. The van der Waals surface area contributed by atoms with Crippen molar-refractivity contribution in [3.05, 3.63) is 53.8 Å². The van der Waals surface area contributed by atoms with Gasteiger partial charge in [-0.2, -0.15) is 0 Å². The molecule has 106 valence electrons. The quantitative estimate of drug-likeness (QED) is 0.924. The Morgan fingerprint density at radius 1 is 1.15 bits per heavy atom. The van der Waals surface area contributed by atoms with Crippen LogP contribution in [0.25, 0.3) is 0 Å². The summed E-state index contributed by atoms with van der Waals surface area (Å²) in [6.07, 6.45) is -0.735. The molecule has 0 saturated heterocycles. The van der Waals surface area contributed by atoms with Gasteiger partial charge in [-0.3, -0.25) is 0 Å². The van der Waals surface area contributed by atoms with E-state index in [0.29, 0.717) is 11.3 Å². The maximum atomic E-state index is 14.1. The number of benzene rings is 2. The molecule has 0 aliphatic heterocycles. The predicted molar refractivity (Wildman–Crippen MR) is 78.1 cm³/mol. The van der Waals surface area contributed by atoms with Gasteiger partial charge in [-0.05, 0) is 37.3 Å². The number of aliphatic hydroxyl groups excluding tert-OH is 1. The van der Waals surface area contributed by atoms with Crippen LogP contribution in [0.2, 0.25) is 0 Å². The first kappa shape index (κ1) is 14.3. The molecule has 1 atom stereocenters. The van der Waals surface area contributed by atoms with Gasteiger partial charge in [0.25, 0.3) is 0 Å². The second kappa shape index (κ2) is 5.92. The van der Waals surface area contributed by atoms with Gasteiger partial charge in [0.1, 0.15) is 11.6 Å². The maximum Gasteiger partial charge on any atom is 0.147 e. The van der Waals surface area contributed by atoms with E-state index in [1.165, 1.54) is 6.07 Å². The minimum absolute atomic E-state index is 0.360. The summed E-state index contributed by atoms with van der Waals surface area (Å²) in [5.74, 6) is 0.383. The molecule has 2 aromatic carbocycles. The molecule has 0 aliphatic rings. The molecular weight excluding hydrogens is 257 g/mol. The number of hydrogen-bond acceptors (Lipinski definition) is 3. The van der Waals surface area contributed by atoms with E-state index in [4.69, 9.17) is 4.74 Å². The molecule has 1 unspecified atom stereocenters. The zero-order valence-corrected chi connectivity index (χ0v) is 11.8. The number of ether oxygens (including phenoxy) is 1. The topological polar surface area (TPSA) is 32.7 Å². The fourth-order valence-electron chi connectivity index (χ4n) is 2.16. The number of anilines is 2. The predicted octanol–water partition coefficient (Wildman–Crippen LogP) is 3.66. The summed E-state index contributed by atoms with van der Waals surface area (Å²) < 4.78 is 19.2. The summed E-state index contributed by atoms with van der Waals surface area (Å²) in [6.45, 7) is 1.63. The van der Waals surface area contributed by atoms with Crippen LogP contribution in [0.4, 0.5) is 15.8 Å². The van der Waals surface area contributed by atoms with Crippen LogP contribution in [0.3, 0.4) is 0 Å². The number of para-hydroxylation sites is 1. The van der Waals surface area contributed by atoms with Gasteiger partial charge in [-0.15, -0.1) is 0 Å². The van der Waals surface area contributed by atoms with Gasteiger partial charge in [0, 0.05) is 18.3 Å². The smallest absolute Gasteiger partial charge is 0.147 e. The van der Waals surface area contributed by atoms with Crippen molar-refractivity contribution in [2.24, 2.45) is 0 Å². The third-order valence-corrected chi connectivity index (χ3v) is 3.26. The molecule has 3 nitrogen and oxygen atoms in total. The van der Waals surface area contributed by atoms with Crippen molar-refractivity contribution in [3.63, 3.8) is 0 Å². The first-order valence-electron chi connectivity index (χ1n) is 6.39. The van der Waals surface area contributed by atoms with E-state index in [1.54, 1.807) is 38.1 Å². The van der Waals surface area contributed by atoms with Crippen molar-refractivity contribution >= 4 is 11.4 Å². The van der Waals surface area contributed by atoms with Crippen molar-refractivity contribution in [3.8, 4) is 5.75 Å². The lowest BCUT2D eigenvalue weighted by Gasteiger charge is -2.24. The molecule has 2 rings (SSSR count). The number of halogens is 1. The van der Waals surface area contributed by atoms with Gasteiger partial charge < -0.3 is 14.7 Å². The standard InChI is InChI=1S/C16H18FNO2/c1-11(19)14-5-4-6-15(17)16(14)18(2)12-7-9-13(20-3)10-8-12/h4-11,19H,1-3H3. The van der Waals surface area contributed by atoms with Crippen LogP contribution >= 0.6 is 0 Å². The number of methoxy groups -OCH3 is 1. The Morgan fingerprint density at radius 2 is 1.80 bits per heavy atom. The largest absolute Gasteiger partial charge is 0.497 e. The third kappa shape index (κ3) is 2.75. The summed E-state index contributed by atoms with van der Waals surface area (Å²) in [4.78, 5) is 1.72. The van der Waals surface area contributed by atoms with Crippen molar-refractivity contribution in [2.75, 3.05) is 19.1 Å². The fourth-order valence-corrected chi connectivity index (χ4v) is 2.16. The summed E-state index contributed by atoms with van der Waals surface area (Å²) in [6, 6.07) is 12.0. The van der Waals surface area contributed by atoms with Crippen molar-refractivity contribution in [1.82, 2.24) is 0 Å². The van der Waals surface area contributed by atoms with E-state index in [0.717, 1.165) is 11.4 Å². The van der Waals surface area contributed by atoms with Crippen LogP contribution in [0.5, 0.6) is 5.75 Å². The second-order valence-corrected chi connectivity index (χ2v) is 4.61. The van der Waals surface area contributed by atoms with Crippen LogP contribution in [0.15, 0.2) is 42.5 Å². The van der Waals surface area contributed by atoms with Crippen LogP contribution in [0, 0.1) is 5.82 Å². The lowest BCUT2D eigenvalue weighted by Crippen LogP contribution is -2.14. The molecule has 2 aromatic rings. The SMILES string of the molecule is COc1ccc(N(C)c2c(F)cccc2C(C)O)cc1. The molecule has 0 radical (unpaired) electrons. The summed E-state index contributed by atoms with van der Waals surface area (Å²) in [7, 11) is 3.37. The molecule has 0 aliphatic carbocycles. The molecule has 0 aromatic heterocycles. The van der Waals surface area contributed by atoms with E-state index < -0.39 is 6.10 Å². The molecule has 0 saturated carbocycles. The second-order valence-electron chi connectivity index (χ2n) is 4.61. The molecule has 0 heterocycles. The molecule has 0 bridgehead atoms.